The number of carbonyl (C=O) groups is 1. The fourth-order valence-electron chi connectivity index (χ4n) is 0.847. The molecule has 4 nitrogen and oxygen atoms in total. The second kappa shape index (κ2) is 3.53. The lowest BCUT2D eigenvalue weighted by molar-refractivity contribution is 0.0960. The van der Waals surface area contributed by atoms with Crippen LogP contribution in [0.15, 0.2) is 0 Å². The standard InChI is InChI=1S/C7H11N3OS/c1-3-9-7(11)5-6(8)10-4(2)12-5/h3,8H2,1-2H3,(H,9,11). The average Bonchev–Trinajstić information content (AvgIpc) is 2.30. The predicted molar refractivity (Wildman–Crippen MR) is 49.3 cm³/mol. The van der Waals surface area contributed by atoms with Crippen molar-refractivity contribution in [3.8, 4) is 0 Å². The number of aryl methyl sites for hydroxylation is 1. The van der Waals surface area contributed by atoms with Crippen molar-refractivity contribution < 1.29 is 4.79 Å². The summed E-state index contributed by atoms with van der Waals surface area (Å²) in [7, 11) is 0. The molecule has 5 heteroatoms. The molecule has 0 spiro atoms. The number of nitrogens with zero attached hydrogens (tertiary/aromatic N) is 1. The third kappa shape index (κ3) is 1.73. The molecule has 1 rings (SSSR count). The maximum Gasteiger partial charge on any atom is 0.265 e. The molecule has 0 unspecified atom stereocenters. The van der Waals surface area contributed by atoms with E-state index in [4.69, 9.17) is 5.73 Å². The van der Waals surface area contributed by atoms with Gasteiger partial charge in [0.05, 0.1) is 5.01 Å². The summed E-state index contributed by atoms with van der Waals surface area (Å²) in [5.74, 6) is 0.184. The van der Waals surface area contributed by atoms with Crippen LogP contribution in [0.25, 0.3) is 0 Å². The Balaban J connectivity index is 2.87. The summed E-state index contributed by atoms with van der Waals surface area (Å²) >= 11 is 1.31. The third-order valence-corrected chi connectivity index (χ3v) is 2.29. The molecular formula is C7H11N3OS. The number of carbonyl (C=O) groups excluding carboxylic acids is 1. The van der Waals surface area contributed by atoms with Crippen LogP contribution in [0.1, 0.15) is 21.6 Å². The predicted octanol–water partition coefficient (Wildman–Crippen LogP) is 0.783. The van der Waals surface area contributed by atoms with Gasteiger partial charge in [0.1, 0.15) is 10.7 Å². The third-order valence-electron chi connectivity index (χ3n) is 1.30. The maximum atomic E-state index is 11.3. The van der Waals surface area contributed by atoms with Gasteiger partial charge in [0, 0.05) is 6.54 Å². The van der Waals surface area contributed by atoms with Crippen LogP contribution >= 0.6 is 11.3 Å². The molecular weight excluding hydrogens is 174 g/mol. The first kappa shape index (κ1) is 8.99. The number of rotatable bonds is 2. The first-order valence-corrected chi connectivity index (χ1v) is 4.48. The Labute approximate surface area is 74.8 Å². The lowest BCUT2D eigenvalue weighted by atomic mass is 10.4. The maximum absolute atomic E-state index is 11.3. The van der Waals surface area contributed by atoms with Gasteiger partial charge in [-0.15, -0.1) is 11.3 Å². The smallest absolute Gasteiger partial charge is 0.265 e. The Bertz CT molecular complexity index is 295. The minimum atomic E-state index is -0.138. The highest BCUT2D eigenvalue weighted by molar-refractivity contribution is 7.14. The van der Waals surface area contributed by atoms with E-state index in [9.17, 15) is 4.79 Å². The molecule has 0 radical (unpaired) electrons. The zero-order valence-corrected chi connectivity index (χ0v) is 7.86. The van der Waals surface area contributed by atoms with E-state index >= 15 is 0 Å². The fourth-order valence-corrected chi connectivity index (χ4v) is 1.60. The molecule has 66 valence electrons. The molecule has 0 bridgehead atoms. The van der Waals surface area contributed by atoms with E-state index in [1.165, 1.54) is 11.3 Å². The Hall–Kier alpha value is -1.10. The quantitative estimate of drug-likeness (QED) is 0.715. The monoisotopic (exact) mass is 185 g/mol. The number of hydrogen-bond acceptors (Lipinski definition) is 4. The Morgan fingerprint density at radius 2 is 2.42 bits per heavy atom. The molecule has 0 fully saturated rings. The number of amides is 1. The zero-order chi connectivity index (χ0) is 9.14. The molecule has 12 heavy (non-hydrogen) atoms. The van der Waals surface area contributed by atoms with Crippen molar-refractivity contribution >= 4 is 23.1 Å². The van der Waals surface area contributed by atoms with Crippen molar-refractivity contribution in [2.45, 2.75) is 13.8 Å². The molecule has 1 heterocycles. The van der Waals surface area contributed by atoms with Gasteiger partial charge in [-0.25, -0.2) is 4.98 Å². The molecule has 1 aromatic rings. The topological polar surface area (TPSA) is 68.0 Å². The van der Waals surface area contributed by atoms with E-state index in [0.29, 0.717) is 17.2 Å². The van der Waals surface area contributed by atoms with Crippen LogP contribution in [0.2, 0.25) is 0 Å². The van der Waals surface area contributed by atoms with Crippen LogP contribution in [-0.4, -0.2) is 17.4 Å². The second-order valence-corrected chi connectivity index (χ2v) is 3.51. The number of anilines is 1. The van der Waals surface area contributed by atoms with Gasteiger partial charge in [0.25, 0.3) is 5.91 Å². The van der Waals surface area contributed by atoms with Crippen LogP contribution in [0.3, 0.4) is 0 Å². The van der Waals surface area contributed by atoms with E-state index < -0.39 is 0 Å². The van der Waals surface area contributed by atoms with E-state index in [1.54, 1.807) is 0 Å². The molecule has 0 aliphatic carbocycles. The molecule has 0 saturated carbocycles. The van der Waals surface area contributed by atoms with Crippen LogP contribution in [0.5, 0.6) is 0 Å². The molecule has 3 N–H and O–H groups in total. The largest absolute Gasteiger partial charge is 0.382 e. The Kier molecular flexibility index (Phi) is 2.65. The number of thiazole rings is 1. The van der Waals surface area contributed by atoms with Gasteiger partial charge in [0.15, 0.2) is 0 Å². The van der Waals surface area contributed by atoms with E-state index in [0.717, 1.165) is 5.01 Å². The number of nitrogen functional groups attached to an aromatic ring is 1. The van der Waals surface area contributed by atoms with Gasteiger partial charge in [-0.2, -0.15) is 0 Å². The van der Waals surface area contributed by atoms with Crippen molar-refractivity contribution in [3.63, 3.8) is 0 Å². The Morgan fingerprint density at radius 1 is 1.75 bits per heavy atom. The normalized spacial score (nSPS) is 9.83. The molecule has 0 atom stereocenters. The Morgan fingerprint density at radius 3 is 2.83 bits per heavy atom. The average molecular weight is 185 g/mol. The molecule has 1 amide bonds. The minimum absolute atomic E-state index is 0.138. The van der Waals surface area contributed by atoms with Gasteiger partial charge < -0.3 is 11.1 Å². The molecule has 0 saturated heterocycles. The highest BCUT2D eigenvalue weighted by Gasteiger charge is 2.12. The van der Waals surface area contributed by atoms with E-state index in [1.807, 2.05) is 13.8 Å². The molecule has 1 aromatic heterocycles. The first-order chi connectivity index (χ1) is 5.65. The van der Waals surface area contributed by atoms with E-state index in [2.05, 4.69) is 10.3 Å². The molecule has 0 aromatic carbocycles. The number of nitrogens with one attached hydrogen (secondary N) is 1. The van der Waals surface area contributed by atoms with Gasteiger partial charge in [-0.1, -0.05) is 0 Å². The van der Waals surface area contributed by atoms with Crippen LogP contribution in [0, 0.1) is 6.92 Å². The number of hydrogen-bond donors (Lipinski definition) is 2. The molecule has 0 aliphatic heterocycles. The second-order valence-electron chi connectivity index (χ2n) is 2.31. The van der Waals surface area contributed by atoms with Gasteiger partial charge >= 0.3 is 0 Å². The SMILES string of the molecule is CCNC(=O)c1sc(C)nc1N. The van der Waals surface area contributed by atoms with Gasteiger partial charge in [0.2, 0.25) is 0 Å². The van der Waals surface area contributed by atoms with Crippen molar-refractivity contribution in [2.24, 2.45) is 0 Å². The number of aromatic nitrogens is 1. The van der Waals surface area contributed by atoms with Crippen LogP contribution in [-0.2, 0) is 0 Å². The van der Waals surface area contributed by atoms with Crippen molar-refractivity contribution in [2.75, 3.05) is 12.3 Å². The van der Waals surface area contributed by atoms with Crippen LogP contribution < -0.4 is 11.1 Å². The van der Waals surface area contributed by atoms with Gasteiger partial charge in [-0.3, -0.25) is 4.79 Å². The van der Waals surface area contributed by atoms with Crippen molar-refractivity contribution in [3.05, 3.63) is 9.88 Å². The van der Waals surface area contributed by atoms with Gasteiger partial charge in [-0.05, 0) is 13.8 Å². The summed E-state index contributed by atoms with van der Waals surface area (Å²) in [4.78, 5) is 15.7. The summed E-state index contributed by atoms with van der Waals surface area (Å²) in [5, 5.41) is 3.48. The van der Waals surface area contributed by atoms with Crippen molar-refractivity contribution in [1.82, 2.24) is 10.3 Å². The summed E-state index contributed by atoms with van der Waals surface area (Å²) in [6, 6.07) is 0. The molecule has 0 aliphatic rings. The zero-order valence-electron chi connectivity index (χ0n) is 7.05. The summed E-state index contributed by atoms with van der Waals surface area (Å²) in [6.45, 7) is 4.29. The van der Waals surface area contributed by atoms with Crippen molar-refractivity contribution in [1.29, 1.82) is 0 Å². The van der Waals surface area contributed by atoms with E-state index in [-0.39, 0.29) is 5.91 Å². The van der Waals surface area contributed by atoms with Crippen LogP contribution in [0.4, 0.5) is 5.82 Å². The first-order valence-electron chi connectivity index (χ1n) is 3.66. The summed E-state index contributed by atoms with van der Waals surface area (Å²) in [5.41, 5.74) is 5.51. The minimum Gasteiger partial charge on any atom is -0.382 e. The lowest BCUT2D eigenvalue weighted by Crippen LogP contribution is -2.22. The highest BCUT2D eigenvalue weighted by atomic mass is 32.1. The fraction of sp³-hybridized carbons (Fsp3) is 0.429. The highest BCUT2D eigenvalue weighted by Crippen LogP contribution is 2.19. The summed E-state index contributed by atoms with van der Waals surface area (Å²) in [6.07, 6.45) is 0. The number of nitrogens with two attached hydrogens (primary N) is 1. The lowest BCUT2D eigenvalue weighted by Gasteiger charge is -1.97. The summed E-state index contributed by atoms with van der Waals surface area (Å²) < 4.78 is 0.